The third kappa shape index (κ3) is 4.21. The second-order valence-electron chi connectivity index (χ2n) is 5.37. The fourth-order valence-electron chi connectivity index (χ4n) is 2.30. The standard InChI is InChI=1S/C13H21ClN4O/c1-10(8-18-9-11(14)7-15-18)13(19)16-12-3-5-17(2)6-4-12/h7,9-10,12H,3-6,8H2,1-2H3,(H,16,19). The molecule has 1 aliphatic rings. The van der Waals surface area contributed by atoms with Gasteiger partial charge in [-0.15, -0.1) is 0 Å². The highest BCUT2D eigenvalue weighted by atomic mass is 35.5. The van der Waals surface area contributed by atoms with E-state index in [0.29, 0.717) is 17.6 Å². The van der Waals surface area contributed by atoms with Crippen molar-refractivity contribution in [3.63, 3.8) is 0 Å². The third-order valence-electron chi connectivity index (χ3n) is 3.58. The van der Waals surface area contributed by atoms with Crippen LogP contribution < -0.4 is 5.32 Å². The number of amides is 1. The summed E-state index contributed by atoms with van der Waals surface area (Å²) in [7, 11) is 2.11. The fraction of sp³-hybridized carbons (Fsp3) is 0.692. The molecule has 1 aliphatic heterocycles. The summed E-state index contributed by atoms with van der Waals surface area (Å²) < 4.78 is 1.71. The van der Waals surface area contributed by atoms with Gasteiger partial charge in [0.2, 0.25) is 5.91 Å². The van der Waals surface area contributed by atoms with Gasteiger partial charge in [-0.05, 0) is 33.0 Å². The largest absolute Gasteiger partial charge is 0.353 e. The van der Waals surface area contributed by atoms with Crippen LogP contribution in [0.5, 0.6) is 0 Å². The lowest BCUT2D eigenvalue weighted by Crippen LogP contribution is -2.45. The molecule has 2 rings (SSSR count). The van der Waals surface area contributed by atoms with Gasteiger partial charge in [-0.1, -0.05) is 18.5 Å². The van der Waals surface area contributed by atoms with Crippen molar-refractivity contribution < 1.29 is 4.79 Å². The predicted octanol–water partition coefficient (Wildman–Crippen LogP) is 1.38. The molecular formula is C13H21ClN4O. The van der Waals surface area contributed by atoms with Crippen LogP contribution in [0, 0.1) is 5.92 Å². The second kappa shape index (κ2) is 6.39. The molecule has 0 bridgehead atoms. The Morgan fingerprint density at radius 1 is 1.58 bits per heavy atom. The molecule has 1 N–H and O–H groups in total. The van der Waals surface area contributed by atoms with Gasteiger partial charge in [0.05, 0.1) is 23.7 Å². The Kier molecular flexibility index (Phi) is 4.82. The molecule has 1 amide bonds. The summed E-state index contributed by atoms with van der Waals surface area (Å²) in [6, 6.07) is 0.312. The number of aromatic nitrogens is 2. The van der Waals surface area contributed by atoms with E-state index in [9.17, 15) is 4.79 Å². The van der Waals surface area contributed by atoms with Gasteiger partial charge in [-0.3, -0.25) is 9.48 Å². The highest BCUT2D eigenvalue weighted by Gasteiger charge is 2.21. The molecule has 0 radical (unpaired) electrons. The molecule has 1 atom stereocenters. The number of hydrogen-bond acceptors (Lipinski definition) is 3. The van der Waals surface area contributed by atoms with Crippen LogP contribution in [-0.2, 0) is 11.3 Å². The molecule has 1 aromatic rings. The molecule has 0 aliphatic carbocycles. The molecule has 19 heavy (non-hydrogen) atoms. The molecule has 0 saturated carbocycles. The Bertz CT molecular complexity index is 426. The first-order valence-electron chi connectivity index (χ1n) is 6.71. The zero-order chi connectivity index (χ0) is 13.8. The Morgan fingerprint density at radius 3 is 2.84 bits per heavy atom. The number of carbonyl (C=O) groups excluding carboxylic acids is 1. The van der Waals surface area contributed by atoms with E-state index in [0.717, 1.165) is 25.9 Å². The maximum atomic E-state index is 12.1. The van der Waals surface area contributed by atoms with Gasteiger partial charge >= 0.3 is 0 Å². The summed E-state index contributed by atoms with van der Waals surface area (Å²) in [5.74, 6) is -0.00296. The maximum Gasteiger partial charge on any atom is 0.224 e. The first kappa shape index (κ1) is 14.3. The first-order chi connectivity index (χ1) is 9.04. The van der Waals surface area contributed by atoms with Crippen LogP contribution in [0.25, 0.3) is 0 Å². The summed E-state index contributed by atoms with van der Waals surface area (Å²) in [6.45, 7) is 4.58. The van der Waals surface area contributed by atoms with Crippen LogP contribution in [-0.4, -0.2) is 46.8 Å². The number of piperidine rings is 1. The average Bonchev–Trinajstić information content (AvgIpc) is 2.77. The summed E-state index contributed by atoms with van der Waals surface area (Å²) in [5.41, 5.74) is 0. The summed E-state index contributed by atoms with van der Waals surface area (Å²) in [6.07, 6.45) is 5.38. The van der Waals surface area contributed by atoms with Crippen LogP contribution in [0.3, 0.4) is 0 Å². The van der Waals surface area contributed by atoms with Crippen molar-refractivity contribution in [2.75, 3.05) is 20.1 Å². The lowest BCUT2D eigenvalue weighted by Gasteiger charge is -2.30. The highest BCUT2D eigenvalue weighted by Crippen LogP contribution is 2.11. The number of halogens is 1. The quantitative estimate of drug-likeness (QED) is 0.909. The molecular weight excluding hydrogens is 264 g/mol. The Hall–Kier alpha value is -1.07. The van der Waals surface area contributed by atoms with E-state index in [-0.39, 0.29) is 11.8 Å². The number of carbonyl (C=O) groups is 1. The number of nitrogens with one attached hydrogen (secondary N) is 1. The van der Waals surface area contributed by atoms with Crippen LogP contribution in [0.4, 0.5) is 0 Å². The number of hydrogen-bond donors (Lipinski definition) is 1. The lowest BCUT2D eigenvalue weighted by molar-refractivity contribution is -0.126. The van der Waals surface area contributed by atoms with E-state index in [1.54, 1.807) is 17.1 Å². The molecule has 1 fully saturated rings. The predicted molar refractivity (Wildman–Crippen MR) is 75.1 cm³/mol. The summed E-state index contributed by atoms with van der Waals surface area (Å²) >= 11 is 5.80. The van der Waals surface area contributed by atoms with Crippen molar-refractivity contribution in [2.45, 2.75) is 32.4 Å². The van der Waals surface area contributed by atoms with Gasteiger partial charge < -0.3 is 10.2 Å². The SMILES string of the molecule is CC(Cn1cc(Cl)cn1)C(=O)NC1CCN(C)CC1. The highest BCUT2D eigenvalue weighted by molar-refractivity contribution is 6.30. The van der Waals surface area contributed by atoms with Gasteiger partial charge in [-0.25, -0.2) is 0 Å². The monoisotopic (exact) mass is 284 g/mol. The van der Waals surface area contributed by atoms with Crippen LogP contribution in [0.2, 0.25) is 5.02 Å². The number of rotatable bonds is 4. The van der Waals surface area contributed by atoms with E-state index in [2.05, 4.69) is 22.4 Å². The van der Waals surface area contributed by atoms with Gasteiger partial charge in [0, 0.05) is 12.2 Å². The second-order valence-corrected chi connectivity index (χ2v) is 5.80. The van der Waals surface area contributed by atoms with Crippen LogP contribution >= 0.6 is 11.6 Å². The molecule has 106 valence electrons. The van der Waals surface area contributed by atoms with Crippen LogP contribution in [0.1, 0.15) is 19.8 Å². The molecule has 6 heteroatoms. The maximum absolute atomic E-state index is 12.1. The van der Waals surface area contributed by atoms with Crippen molar-refractivity contribution in [2.24, 2.45) is 5.92 Å². The molecule has 0 spiro atoms. The zero-order valence-electron chi connectivity index (χ0n) is 11.5. The normalized spacial score (nSPS) is 19.3. The van der Waals surface area contributed by atoms with E-state index < -0.39 is 0 Å². The molecule has 2 heterocycles. The molecule has 1 unspecified atom stereocenters. The lowest BCUT2D eigenvalue weighted by atomic mass is 10.0. The molecule has 5 nitrogen and oxygen atoms in total. The van der Waals surface area contributed by atoms with Crippen molar-refractivity contribution in [3.8, 4) is 0 Å². The Balaban J connectivity index is 1.79. The van der Waals surface area contributed by atoms with E-state index in [1.165, 1.54) is 0 Å². The number of nitrogens with zero attached hydrogens (tertiary/aromatic N) is 3. The third-order valence-corrected chi connectivity index (χ3v) is 3.77. The molecule has 1 aromatic heterocycles. The van der Waals surface area contributed by atoms with Gasteiger partial charge in [0.1, 0.15) is 0 Å². The van der Waals surface area contributed by atoms with E-state index in [4.69, 9.17) is 11.6 Å². The smallest absolute Gasteiger partial charge is 0.224 e. The minimum absolute atomic E-state index is 0.0983. The Labute approximate surface area is 118 Å². The summed E-state index contributed by atoms with van der Waals surface area (Å²) in [5, 5.41) is 7.82. The first-order valence-corrected chi connectivity index (χ1v) is 7.09. The van der Waals surface area contributed by atoms with Crippen LogP contribution in [0.15, 0.2) is 12.4 Å². The minimum Gasteiger partial charge on any atom is -0.353 e. The van der Waals surface area contributed by atoms with E-state index in [1.807, 2.05) is 6.92 Å². The van der Waals surface area contributed by atoms with E-state index >= 15 is 0 Å². The van der Waals surface area contributed by atoms with Gasteiger partial charge in [0.25, 0.3) is 0 Å². The van der Waals surface area contributed by atoms with Crippen molar-refractivity contribution in [3.05, 3.63) is 17.4 Å². The number of likely N-dealkylation sites (tertiary alicyclic amines) is 1. The van der Waals surface area contributed by atoms with Crippen molar-refractivity contribution in [1.29, 1.82) is 0 Å². The fourth-order valence-corrected chi connectivity index (χ4v) is 2.45. The van der Waals surface area contributed by atoms with Gasteiger partial charge in [-0.2, -0.15) is 5.10 Å². The molecule has 1 saturated heterocycles. The summed E-state index contributed by atoms with van der Waals surface area (Å²) in [4.78, 5) is 14.4. The molecule has 0 aromatic carbocycles. The topological polar surface area (TPSA) is 50.2 Å². The minimum atomic E-state index is -0.101. The van der Waals surface area contributed by atoms with Crippen molar-refractivity contribution >= 4 is 17.5 Å². The zero-order valence-corrected chi connectivity index (χ0v) is 12.2. The Morgan fingerprint density at radius 2 is 2.26 bits per heavy atom. The average molecular weight is 285 g/mol. The van der Waals surface area contributed by atoms with Crippen molar-refractivity contribution in [1.82, 2.24) is 20.0 Å². The van der Waals surface area contributed by atoms with Gasteiger partial charge in [0.15, 0.2) is 0 Å².